The van der Waals surface area contributed by atoms with Crippen LogP contribution in [-0.2, 0) is 14.9 Å². The minimum Gasteiger partial charge on any atom is -0.481 e. The molecule has 0 spiro atoms. The van der Waals surface area contributed by atoms with Crippen LogP contribution in [0, 0.1) is 6.92 Å². The van der Waals surface area contributed by atoms with Gasteiger partial charge in [0.15, 0.2) is 0 Å². The maximum Gasteiger partial charge on any atom is 0.315 e. The Morgan fingerprint density at radius 2 is 2.11 bits per heavy atom. The van der Waals surface area contributed by atoms with Gasteiger partial charge in [-0.1, -0.05) is 24.3 Å². The van der Waals surface area contributed by atoms with Gasteiger partial charge in [0.1, 0.15) is 5.41 Å². The molecule has 1 aromatic rings. The van der Waals surface area contributed by atoms with Gasteiger partial charge in [-0.3, -0.25) is 4.79 Å². The fourth-order valence-corrected chi connectivity index (χ4v) is 2.16. The molecule has 1 atom stereocenters. The van der Waals surface area contributed by atoms with Crippen molar-refractivity contribution in [2.75, 3.05) is 19.8 Å². The molecule has 4 nitrogen and oxygen atoms in total. The number of carboxylic acids is 1. The average molecular weight is 251 g/mol. The smallest absolute Gasteiger partial charge is 0.315 e. The van der Waals surface area contributed by atoms with Crippen LogP contribution in [0.15, 0.2) is 24.3 Å². The Bertz CT molecular complexity index is 406. The lowest BCUT2D eigenvalue weighted by atomic mass is 9.76. The van der Waals surface area contributed by atoms with Crippen molar-refractivity contribution in [3.8, 4) is 0 Å². The highest BCUT2D eigenvalue weighted by Crippen LogP contribution is 2.30. The number of aryl methyl sites for hydroxylation is 1. The minimum absolute atomic E-state index is 0.0697. The van der Waals surface area contributed by atoms with Gasteiger partial charge in [-0.2, -0.15) is 0 Å². The van der Waals surface area contributed by atoms with Crippen LogP contribution in [0.1, 0.15) is 24.5 Å². The molecule has 100 valence electrons. The summed E-state index contributed by atoms with van der Waals surface area (Å²) in [6, 6.07) is 7.48. The number of carboxylic acid groups (broad SMARTS) is 1. The summed E-state index contributed by atoms with van der Waals surface area (Å²) in [5.74, 6) is -0.890. The van der Waals surface area contributed by atoms with E-state index >= 15 is 0 Å². The van der Waals surface area contributed by atoms with Crippen molar-refractivity contribution in [2.45, 2.75) is 25.7 Å². The molecule has 18 heavy (non-hydrogen) atoms. The molecule has 0 fully saturated rings. The first-order chi connectivity index (χ1) is 8.58. The Morgan fingerprint density at radius 3 is 2.61 bits per heavy atom. The van der Waals surface area contributed by atoms with E-state index in [0.29, 0.717) is 19.6 Å². The van der Waals surface area contributed by atoms with E-state index < -0.39 is 11.4 Å². The van der Waals surface area contributed by atoms with Gasteiger partial charge in [-0.25, -0.2) is 0 Å². The number of hydrogen-bond donors (Lipinski definition) is 2. The summed E-state index contributed by atoms with van der Waals surface area (Å²) in [6.07, 6.45) is 0.386. The molecule has 0 radical (unpaired) electrons. The lowest BCUT2D eigenvalue weighted by Gasteiger charge is -2.29. The standard InChI is InChI=1S/C14H21NO3/c1-3-18-9-8-14(10-15,13(16)17)12-7-5-4-6-11(12)2/h4-7H,3,8-10,15H2,1-2H3,(H,16,17). The molecule has 0 aromatic heterocycles. The Labute approximate surface area is 108 Å². The minimum atomic E-state index is -1.06. The van der Waals surface area contributed by atoms with Gasteiger partial charge < -0.3 is 15.6 Å². The molecule has 0 bridgehead atoms. The summed E-state index contributed by atoms with van der Waals surface area (Å²) in [6.45, 7) is 4.84. The van der Waals surface area contributed by atoms with Gasteiger partial charge in [-0.15, -0.1) is 0 Å². The number of rotatable bonds is 7. The van der Waals surface area contributed by atoms with E-state index in [2.05, 4.69) is 0 Å². The Morgan fingerprint density at radius 1 is 1.44 bits per heavy atom. The van der Waals surface area contributed by atoms with Crippen LogP contribution in [0.25, 0.3) is 0 Å². The van der Waals surface area contributed by atoms with Gasteiger partial charge in [0.05, 0.1) is 0 Å². The van der Waals surface area contributed by atoms with Crippen molar-refractivity contribution in [3.63, 3.8) is 0 Å². The molecule has 1 rings (SSSR count). The summed E-state index contributed by atoms with van der Waals surface area (Å²) in [7, 11) is 0. The lowest BCUT2D eigenvalue weighted by Crippen LogP contribution is -2.44. The molecule has 0 amide bonds. The third kappa shape index (κ3) is 2.89. The summed E-state index contributed by atoms with van der Waals surface area (Å²) < 4.78 is 5.28. The molecular weight excluding hydrogens is 230 g/mol. The second-order valence-corrected chi connectivity index (χ2v) is 4.35. The van der Waals surface area contributed by atoms with E-state index in [4.69, 9.17) is 10.5 Å². The average Bonchev–Trinajstić information content (AvgIpc) is 2.36. The maximum atomic E-state index is 11.7. The predicted octanol–water partition coefficient (Wildman–Crippen LogP) is 1.70. The van der Waals surface area contributed by atoms with E-state index in [1.54, 1.807) is 0 Å². The zero-order valence-electron chi connectivity index (χ0n) is 11.0. The van der Waals surface area contributed by atoms with Crippen LogP contribution in [0.5, 0.6) is 0 Å². The molecule has 0 heterocycles. The Balaban J connectivity index is 3.11. The first-order valence-corrected chi connectivity index (χ1v) is 6.15. The summed E-state index contributed by atoms with van der Waals surface area (Å²) in [5, 5.41) is 9.57. The number of nitrogens with two attached hydrogens (primary N) is 1. The van der Waals surface area contributed by atoms with Crippen molar-refractivity contribution in [1.82, 2.24) is 0 Å². The number of ether oxygens (including phenoxy) is 1. The molecule has 0 aliphatic carbocycles. The number of aliphatic carboxylic acids is 1. The zero-order valence-corrected chi connectivity index (χ0v) is 11.0. The van der Waals surface area contributed by atoms with Crippen LogP contribution >= 0.6 is 0 Å². The molecule has 3 N–H and O–H groups in total. The van der Waals surface area contributed by atoms with E-state index in [1.165, 1.54) is 0 Å². The van der Waals surface area contributed by atoms with Gasteiger partial charge in [0.2, 0.25) is 0 Å². The third-order valence-electron chi connectivity index (χ3n) is 3.30. The molecule has 0 saturated carbocycles. The van der Waals surface area contributed by atoms with E-state index in [1.807, 2.05) is 38.1 Å². The summed E-state index contributed by atoms with van der Waals surface area (Å²) >= 11 is 0. The van der Waals surface area contributed by atoms with Gasteiger partial charge in [0.25, 0.3) is 0 Å². The van der Waals surface area contributed by atoms with Crippen LogP contribution in [0.3, 0.4) is 0 Å². The van der Waals surface area contributed by atoms with E-state index in [-0.39, 0.29) is 6.54 Å². The predicted molar refractivity (Wildman–Crippen MR) is 70.7 cm³/mol. The fraction of sp³-hybridized carbons (Fsp3) is 0.500. The second kappa shape index (κ2) is 6.52. The molecule has 0 aliphatic rings. The Kier molecular flexibility index (Phi) is 5.31. The van der Waals surface area contributed by atoms with Crippen molar-refractivity contribution in [3.05, 3.63) is 35.4 Å². The van der Waals surface area contributed by atoms with Crippen molar-refractivity contribution >= 4 is 5.97 Å². The monoisotopic (exact) mass is 251 g/mol. The first-order valence-electron chi connectivity index (χ1n) is 6.15. The second-order valence-electron chi connectivity index (χ2n) is 4.35. The highest BCUT2D eigenvalue weighted by atomic mass is 16.5. The van der Waals surface area contributed by atoms with Gasteiger partial charge in [-0.05, 0) is 31.4 Å². The third-order valence-corrected chi connectivity index (χ3v) is 3.30. The number of carbonyl (C=O) groups is 1. The topological polar surface area (TPSA) is 72.5 Å². The molecular formula is C14H21NO3. The van der Waals surface area contributed by atoms with Crippen molar-refractivity contribution < 1.29 is 14.6 Å². The highest BCUT2D eigenvalue weighted by Gasteiger charge is 2.39. The van der Waals surface area contributed by atoms with Crippen LogP contribution < -0.4 is 5.73 Å². The van der Waals surface area contributed by atoms with Crippen LogP contribution in [-0.4, -0.2) is 30.8 Å². The SMILES string of the molecule is CCOCCC(CN)(C(=O)O)c1ccccc1C. The summed E-state index contributed by atoms with van der Waals surface area (Å²) in [4.78, 5) is 11.7. The van der Waals surface area contributed by atoms with Gasteiger partial charge in [0, 0.05) is 19.8 Å². The maximum absolute atomic E-state index is 11.7. The fourth-order valence-electron chi connectivity index (χ4n) is 2.16. The zero-order chi connectivity index (χ0) is 13.6. The normalized spacial score (nSPS) is 14.2. The quantitative estimate of drug-likeness (QED) is 0.723. The van der Waals surface area contributed by atoms with Crippen LogP contribution in [0.4, 0.5) is 0 Å². The molecule has 4 heteroatoms. The van der Waals surface area contributed by atoms with Crippen molar-refractivity contribution in [2.24, 2.45) is 5.73 Å². The highest BCUT2D eigenvalue weighted by molar-refractivity contribution is 5.82. The molecule has 1 aromatic carbocycles. The van der Waals surface area contributed by atoms with Gasteiger partial charge >= 0.3 is 5.97 Å². The van der Waals surface area contributed by atoms with Crippen molar-refractivity contribution in [1.29, 1.82) is 0 Å². The van der Waals surface area contributed by atoms with E-state index in [9.17, 15) is 9.90 Å². The van der Waals surface area contributed by atoms with E-state index in [0.717, 1.165) is 11.1 Å². The molecule has 1 unspecified atom stereocenters. The van der Waals surface area contributed by atoms with Crippen LogP contribution in [0.2, 0.25) is 0 Å². The largest absolute Gasteiger partial charge is 0.481 e. The Hall–Kier alpha value is -1.39. The molecule has 0 saturated heterocycles. The number of hydrogen-bond acceptors (Lipinski definition) is 3. The lowest BCUT2D eigenvalue weighted by molar-refractivity contribution is -0.144. The molecule has 0 aliphatic heterocycles. The number of benzene rings is 1. The first kappa shape index (κ1) is 14.7. The summed E-state index contributed by atoms with van der Waals surface area (Å²) in [5.41, 5.74) is 6.42.